The zero-order valence-electron chi connectivity index (χ0n) is 28.2. The number of rotatable bonds is 10. The predicted molar refractivity (Wildman–Crippen MR) is 174 cm³/mol. The molecule has 0 radical (unpaired) electrons. The zero-order valence-corrected chi connectivity index (χ0v) is 28.2. The maximum Gasteiger partial charge on any atom is 0.239 e. The Balaban J connectivity index is 1.43. The highest BCUT2D eigenvalue weighted by Crippen LogP contribution is 2.41. The van der Waals surface area contributed by atoms with E-state index in [4.69, 9.17) is 32.8 Å². The fraction of sp³-hybridized carbons (Fsp3) is 0.545. The molecular weight excluding hydrogens is 748 g/mol. The number of aliphatic hydroxyl groups excluding tert-OH is 11. The Hall–Kier alpha value is -3.95. The van der Waals surface area contributed by atoms with Gasteiger partial charge in [0.1, 0.15) is 89.6 Å². The molecule has 3 aromatic rings. The first kappa shape index (κ1) is 40.7. The van der Waals surface area contributed by atoms with Gasteiger partial charge in [-0.1, -0.05) is 0 Å². The molecule has 0 saturated carbocycles. The van der Waals surface area contributed by atoms with Crippen molar-refractivity contribution in [2.24, 2.45) is 0 Å². The van der Waals surface area contributed by atoms with E-state index in [1.54, 1.807) is 0 Å². The molecule has 3 aliphatic heterocycles. The van der Waals surface area contributed by atoms with Crippen molar-refractivity contribution in [1.82, 2.24) is 0 Å². The zero-order chi connectivity index (χ0) is 40.0. The summed E-state index contributed by atoms with van der Waals surface area (Å²) in [5.41, 5.74) is -1.77. The van der Waals surface area contributed by atoms with Crippen LogP contribution in [0.5, 0.6) is 28.7 Å². The lowest BCUT2D eigenvalue weighted by Gasteiger charge is -2.45. The number of aromatic hydroxyl groups is 3. The second-order valence-corrected chi connectivity index (χ2v) is 13.0. The molecular formula is C33H40O22. The van der Waals surface area contributed by atoms with E-state index in [0.29, 0.717) is 0 Å². The summed E-state index contributed by atoms with van der Waals surface area (Å²) in [7, 11) is 0. The van der Waals surface area contributed by atoms with Gasteiger partial charge in [-0.25, -0.2) is 0 Å². The first-order valence-electron chi connectivity index (χ1n) is 16.7. The number of hydrogen-bond acceptors (Lipinski definition) is 22. The van der Waals surface area contributed by atoms with Gasteiger partial charge in [0.05, 0.1) is 19.8 Å². The van der Waals surface area contributed by atoms with Crippen molar-refractivity contribution in [2.45, 2.75) is 92.1 Å². The Kier molecular flexibility index (Phi) is 12.0. The van der Waals surface area contributed by atoms with Crippen LogP contribution in [0, 0.1) is 0 Å². The van der Waals surface area contributed by atoms with Gasteiger partial charge in [0.2, 0.25) is 23.8 Å². The van der Waals surface area contributed by atoms with E-state index in [-0.39, 0.29) is 11.3 Å². The Morgan fingerprint density at radius 1 is 0.564 bits per heavy atom. The van der Waals surface area contributed by atoms with Crippen molar-refractivity contribution < 1.29 is 104 Å². The van der Waals surface area contributed by atoms with Gasteiger partial charge < -0.3 is 104 Å². The topological polar surface area (TPSA) is 369 Å². The lowest BCUT2D eigenvalue weighted by atomic mass is 9.97. The summed E-state index contributed by atoms with van der Waals surface area (Å²) < 4.78 is 39.5. The van der Waals surface area contributed by atoms with E-state index in [9.17, 15) is 76.3 Å². The molecule has 2 aromatic carbocycles. The van der Waals surface area contributed by atoms with Crippen LogP contribution in [0.25, 0.3) is 22.3 Å². The molecule has 3 fully saturated rings. The van der Waals surface area contributed by atoms with E-state index in [0.717, 1.165) is 24.3 Å². The van der Waals surface area contributed by atoms with Gasteiger partial charge in [-0.3, -0.25) is 4.79 Å². The van der Waals surface area contributed by atoms with Gasteiger partial charge in [-0.15, -0.1) is 0 Å². The molecule has 14 N–H and O–H groups in total. The fourth-order valence-electron chi connectivity index (χ4n) is 6.33. The van der Waals surface area contributed by atoms with Crippen LogP contribution in [-0.2, 0) is 18.9 Å². The number of phenols is 3. The number of benzene rings is 2. The monoisotopic (exact) mass is 788 g/mol. The van der Waals surface area contributed by atoms with Crippen LogP contribution >= 0.6 is 0 Å². The van der Waals surface area contributed by atoms with E-state index >= 15 is 0 Å². The standard InChI is InChI=1S/C33H40O22/c34-6-15-19(40)23(44)26(47)31(51-15)49-10-4-13(39)18-14(5-10)50-28(9-1-2-11(37)12(38)3-9)29(22(18)43)54-33-30(25(46)21(42)17(8-36)53-33)55-32-27(48)24(45)20(41)16(7-35)52-32/h1-5,15-17,19-21,23-27,30-42,44-48H,6-8H2/t15-,16-,17-,19-,20-,21-,23-,24-,25-,26-,27-,30-,31-,32-,33+/m0/s1. The molecule has 3 saturated heterocycles. The molecule has 0 amide bonds. The SMILES string of the molecule is O=c1c(O[C@H]2O[C@@H](CO)[C@H](O)[C@H](O)[C@@H]2O[C@@H]2O[C@@H](CO)[C@H](O)[C@H](O)[C@@H]2O)c(-c2ccc(O)c(O)c2)oc2cc(O[C@H]3O[C@@H](CO)[C@H](O)[C@H](O)[C@@H]3O)cc(O)c12. The molecule has 15 atom stereocenters. The van der Waals surface area contributed by atoms with Crippen molar-refractivity contribution in [1.29, 1.82) is 0 Å². The summed E-state index contributed by atoms with van der Waals surface area (Å²) in [5.74, 6) is -3.84. The van der Waals surface area contributed by atoms with Crippen LogP contribution in [0.15, 0.2) is 39.5 Å². The Labute approximate surface area is 307 Å². The van der Waals surface area contributed by atoms with E-state index < -0.39 is 157 Å². The largest absolute Gasteiger partial charge is 0.507 e. The third-order valence-corrected chi connectivity index (χ3v) is 9.44. The molecule has 0 unspecified atom stereocenters. The second-order valence-electron chi connectivity index (χ2n) is 13.0. The van der Waals surface area contributed by atoms with E-state index in [1.165, 1.54) is 6.07 Å². The lowest BCUT2D eigenvalue weighted by Crippen LogP contribution is -2.65. The first-order chi connectivity index (χ1) is 26.1. The van der Waals surface area contributed by atoms with Crippen LogP contribution in [0.3, 0.4) is 0 Å². The third kappa shape index (κ3) is 7.63. The van der Waals surface area contributed by atoms with E-state index in [2.05, 4.69) is 0 Å². The Bertz CT molecular complexity index is 1870. The van der Waals surface area contributed by atoms with Crippen molar-refractivity contribution in [2.75, 3.05) is 19.8 Å². The molecule has 1 aromatic heterocycles. The van der Waals surface area contributed by atoms with Gasteiger partial charge >= 0.3 is 0 Å². The van der Waals surface area contributed by atoms with Crippen molar-refractivity contribution in [3.05, 3.63) is 40.6 Å². The van der Waals surface area contributed by atoms with Crippen molar-refractivity contribution in [3.8, 4) is 40.1 Å². The molecule has 4 heterocycles. The Morgan fingerprint density at radius 2 is 1.11 bits per heavy atom. The first-order valence-corrected chi connectivity index (χ1v) is 16.7. The van der Waals surface area contributed by atoms with Crippen LogP contribution < -0.4 is 14.9 Å². The molecule has 6 rings (SSSR count). The molecule has 55 heavy (non-hydrogen) atoms. The lowest BCUT2D eigenvalue weighted by molar-refractivity contribution is -0.358. The molecule has 304 valence electrons. The highest BCUT2D eigenvalue weighted by Gasteiger charge is 2.52. The number of aliphatic hydroxyl groups is 11. The van der Waals surface area contributed by atoms with Crippen LogP contribution in [0.4, 0.5) is 0 Å². The summed E-state index contributed by atoms with van der Waals surface area (Å²) in [4.78, 5) is 14.2. The normalized spacial score (nSPS) is 36.8. The Morgan fingerprint density at radius 3 is 1.69 bits per heavy atom. The molecule has 22 nitrogen and oxygen atoms in total. The van der Waals surface area contributed by atoms with Crippen LogP contribution in [-0.4, -0.2) is 183 Å². The second kappa shape index (κ2) is 16.3. The van der Waals surface area contributed by atoms with Gasteiger partial charge in [0, 0.05) is 17.7 Å². The quantitative estimate of drug-likeness (QED) is 0.0853. The molecule has 0 aliphatic carbocycles. The molecule has 0 spiro atoms. The minimum absolute atomic E-state index is 0.162. The maximum atomic E-state index is 14.2. The van der Waals surface area contributed by atoms with E-state index in [1.807, 2.05) is 0 Å². The number of phenolic OH excluding ortho intramolecular Hbond substituents is 3. The minimum Gasteiger partial charge on any atom is -0.507 e. The van der Waals surface area contributed by atoms with Gasteiger partial charge in [-0.05, 0) is 18.2 Å². The number of fused-ring (bicyclic) bond motifs is 1. The maximum absolute atomic E-state index is 14.2. The van der Waals surface area contributed by atoms with Gasteiger partial charge in [0.25, 0.3) is 0 Å². The van der Waals surface area contributed by atoms with Crippen molar-refractivity contribution in [3.63, 3.8) is 0 Å². The number of ether oxygens (including phenoxy) is 6. The summed E-state index contributed by atoms with van der Waals surface area (Å²) in [6, 6.07) is 5.03. The summed E-state index contributed by atoms with van der Waals surface area (Å²) in [5, 5.41) is 143. The minimum atomic E-state index is -2.05. The summed E-state index contributed by atoms with van der Waals surface area (Å²) in [6.07, 6.45) is -27.2. The number of hydrogen-bond donors (Lipinski definition) is 14. The smallest absolute Gasteiger partial charge is 0.239 e. The molecule has 0 bridgehead atoms. The summed E-state index contributed by atoms with van der Waals surface area (Å²) >= 11 is 0. The predicted octanol–water partition coefficient (Wildman–Crippen LogP) is -5.24. The van der Waals surface area contributed by atoms with Crippen LogP contribution in [0.2, 0.25) is 0 Å². The van der Waals surface area contributed by atoms with Crippen molar-refractivity contribution >= 4 is 11.0 Å². The van der Waals surface area contributed by atoms with Crippen LogP contribution in [0.1, 0.15) is 0 Å². The summed E-state index contributed by atoms with van der Waals surface area (Å²) in [6.45, 7) is -2.56. The third-order valence-electron chi connectivity index (χ3n) is 9.44. The van der Waals surface area contributed by atoms with Gasteiger partial charge in [-0.2, -0.15) is 0 Å². The highest BCUT2D eigenvalue weighted by molar-refractivity contribution is 5.88. The molecule has 22 heteroatoms. The van der Waals surface area contributed by atoms with Gasteiger partial charge in [0.15, 0.2) is 29.7 Å². The average Bonchev–Trinajstić information content (AvgIpc) is 3.16. The highest BCUT2D eigenvalue weighted by atomic mass is 16.8. The average molecular weight is 789 g/mol. The molecule has 3 aliphatic rings. The fourth-order valence-corrected chi connectivity index (χ4v) is 6.33.